The van der Waals surface area contributed by atoms with Crippen LogP contribution in [0.5, 0.6) is 0 Å². The third-order valence-corrected chi connectivity index (χ3v) is 4.98. The van der Waals surface area contributed by atoms with Gasteiger partial charge in [0.2, 0.25) is 11.8 Å². The Kier molecular flexibility index (Phi) is 5.35. The van der Waals surface area contributed by atoms with Crippen LogP contribution >= 0.6 is 0 Å². The van der Waals surface area contributed by atoms with E-state index in [1.807, 2.05) is 0 Å². The molecule has 0 radical (unpaired) electrons. The van der Waals surface area contributed by atoms with E-state index >= 15 is 0 Å². The summed E-state index contributed by atoms with van der Waals surface area (Å²) in [6, 6.07) is 12.4. The van der Waals surface area contributed by atoms with Gasteiger partial charge in [0.25, 0.3) is 5.91 Å². The minimum atomic E-state index is -1.04. The molecule has 0 saturated heterocycles. The SMILES string of the molecule is O=C(C[C@@H]1NC(=O)c2ccccc2NC1=O)NCCn1c(=O)c(=O)[nH]c2ccccc21. The molecule has 0 unspecified atom stereocenters. The molecular formula is C21H19N5O5. The Hall–Kier alpha value is -4.21. The molecule has 3 amide bonds. The number of carbonyl (C=O) groups excluding carboxylic acids is 3. The lowest BCUT2D eigenvalue weighted by atomic mass is 10.1. The van der Waals surface area contributed by atoms with Gasteiger partial charge in [0.1, 0.15) is 6.04 Å². The van der Waals surface area contributed by atoms with Gasteiger partial charge in [-0.15, -0.1) is 0 Å². The van der Waals surface area contributed by atoms with Crippen LogP contribution in [0, 0.1) is 0 Å². The first-order chi connectivity index (χ1) is 14.9. The molecule has 0 aliphatic carbocycles. The van der Waals surface area contributed by atoms with Gasteiger partial charge >= 0.3 is 11.1 Å². The van der Waals surface area contributed by atoms with E-state index in [2.05, 4.69) is 20.9 Å². The third kappa shape index (κ3) is 4.08. The van der Waals surface area contributed by atoms with Gasteiger partial charge in [-0.2, -0.15) is 0 Å². The van der Waals surface area contributed by atoms with Crippen LogP contribution in [0.15, 0.2) is 58.1 Å². The van der Waals surface area contributed by atoms with Gasteiger partial charge < -0.3 is 25.5 Å². The maximum absolute atomic E-state index is 12.4. The monoisotopic (exact) mass is 421 g/mol. The van der Waals surface area contributed by atoms with E-state index in [1.54, 1.807) is 48.5 Å². The molecule has 4 N–H and O–H groups in total. The Morgan fingerprint density at radius 1 is 1.00 bits per heavy atom. The standard InChI is InChI=1S/C21H19N5O5/c27-17(11-15-19(29)23-13-6-2-1-5-12(13)18(28)25-15)22-9-10-26-16-8-4-3-7-14(16)24-20(30)21(26)31/h1-8,15H,9-11H2,(H,22,27)(H,23,29)(H,24,30)(H,25,28)/t15-/m0/s1. The first kappa shape index (κ1) is 20.1. The zero-order valence-electron chi connectivity index (χ0n) is 16.3. The molecule has 0 bridgehead atoms. The number of fused-ring (bicyclic) bond motifs is 2. The first-order valence-electron chi connectivity index (χ1n) is 9.63. The molecule has 10 heteroatoms. The maximum atomic E-state index is 12.4. The summed E-state index contributed by atoms with van der Waals surface area (Å²) in [7, 11) is 0. The molecule has 3 aromatic rings. The van der Waals surface area contributed by atoms with Crippen molar-refractivity contribution in [1.82, 2.24) is 20.2 Å². The highest BCUT2D eigenvalue weighted by molar-refractivity contribution is 6.10. The molecule has 1 atom stereocenters. The molecule has 1 aliphatic rings. The Morgan fingerprint density at radius 3 is 2.58 bits per heavy atom. The molecule has 1 aromatic heterocycles. The second-order valence-electron chi connectivity index (χ2n) is 7.04. The number of nitrogens with zero attached hydrogens (tertiary/aromatic N) is 1. The zero-order chi connectivity index (χ0) is 22.0. The lowest BCUT2D eigenvalue weighted by Crippen LogP contribution is -2.45. The lowest BCUT2D eigenvalue weighted by molar-refractivity contribution is -0.125. The summed E-state index contributed by atoms with van der Waals surface area (Å²) in [5.41, 5.74) is 0.279. The van der Waals surface area contributed by atoms with E-state index in [-0.39, 0.29) is 19.5 Å². The third-order valence-electron chi connectivity index (χ3n) is 4.98. The quantitative estimate of drug-likeness (QED) is 0.427. The van der Waals surface area contributed by atoms with Crippen molar-refractivity contribution in [2.45, 2.75) is 19.0 Å². The van der Waals surface area contributed by atoms with Crippen molar-refractivity contribution in [2.75, 3.05) is 11.9 Å². The number of para-hydroxylation sites is 3. The van der Waals surface area contributed by atoms with Crippen LogP contribution in [0.3, 0.4) is 0 Å². The van der Waals surface area contributed by atoms with Crippen molar-refractivity contribution in [2.24, 2.45) is 0 Å². The number of hydrogen-bond acceptors (Lipinski definition) is 5. The molecule has 31 heavy (non-hydrogen) atoms. The molecule has 0 spiro atoms. The highest BCUT2D eigenvalue weighted by Gasteiger charge is 2.29. The Balaban J connectivity index is 1.41. The van der Waals surface area contributed by atoms with Gasteiger partial charge in [0, 0.05) is 13.1 Å². The van der Waals surface area contributed by atoms with Crippen molar-refractivity contribution in [3.8, 4) is 0 Å². The summed E-state index contributed by atoms with van der Waals surface area (Å²) in [5, 5.41) is 7.81. The first-order valence-corrected chi connectivity index (χ1v) is 9.63. The molecule has 0 saturated carbocycles. The molecule has 0 fully saturated rings. The number of nitrogens with one attached hydrogen (secondary N) is 4. The van der Waals surface area contributed by atoms with Gasteiger partial charge in [-0.25, -0.2) is 0 Å². The Labute approximate surface area is 175 Å². The fourth-order valence-corrected chi connectivity index (χ4v) is 3.46. The van der Waals surface area contributed by atoms with Gasteiger partial charge in [-0.05, 0) is 24.3 Å². The average molecular weight is 421 g/mol. The van der Waals surface area contributed by atoms with Gasteiger partial charge in [0.05, 0.1) is 28.7 Å². The Bertz CT molecular complexity index is 1310. The fraction of sp³-hybridized carbons (Fsp3) is 0.190. The number of H-pyrrole nitrogens is 1. The number of aromatic nitrogens is 2. The summed E-state index contributed by atoms with van der Waals surface area (Å²) in [5.74, 6) is -1.42. The lowest BCUT2D eigenvalue weighted by Gasteiger charge is -2.15. The number of carbonyl (C=O) groups is 3. The number of rotatable bonds is 5. The number of aromatic amines is 1. The number of hydrogen-bond donors (Lipinski definition) is 4. The molecule has 158 valence electrons. The maximum Gasteiger partial charge on any atom is 0.316 e. The molecular weight excluding hydrogens is 402 g/mol. The zero-order valence-corrected chi connectivity index (χ0v) is 16.3. The van der Waals surface area contributed by atoms with Crippen molar-refractivity contribution in [1.29, 1.82) is 0 Å². The molecule has 1 aliphatic heterocycles. The van der Waals surface area contributed by atoms with E-state index in [0.29, 0.717) is 22.3 Å². The highest BCUT2D eigenvalue weighted by atomic mass is 16.2. The van der Waals surface area contributed by atoms with Gasteiger partial charge in [-0.1, -0.05) is 24.3 Å². The van der Waals surface area contributed by atoms with Crippen LogP contribution in [-0.2, 0) is 16.1 Å². The van der Waals surface area contributed by atoms with Crippen molar-refractivity contribution in [3.63, 3.8) is 0 Å². The van der Waals surface area contributed by atoms with Gasteiger partial charge in [0.15, 0.2) is 0 Å². The predicted octanol–water partition coefficient (Wildman–Crippen LogP) is -0.0532. The van der Waals surface area contributed by atoms with Crippen LogP contribution in [-0.4, -0.2) is 39.9 Å². The van der Waals surface area contributed by atoms with E-state index in [4.69, 9.17) is 0 Å². The van der Waals surface area contributed by atoms with E-state index in [1.165, 1.54) is 4.57 Å². The van der Waals surface area contributed by atoms with Crippen molar-refractivity contribution < 1.29 is 14.4 Å². The van der Waals surface area contributed by atoms with E-state index < -0.39 is 34.9 Å². The number of anilines is 1. The molecule has 2 aromatic carbocycles. The fourth-order valence-electron chi connectivity index (χ4n) is 3.46. The van der Waals surface area contributed by atoms with Crippen LogP contribution < -0.4 is 27.1 Å². The number of benzene rings is 2. The topological polar surface area (TPSA) is 142 Å². The summed E-state index contributed by atoms with van der Waals surface area (Å²) >= 11 is 0. The smallest absolute Gasteiger partial charge is 0.316 e. The summed E-state index contributed by atoms with van der Waals surface area (Å²) in [6.45, 7) is 0.137. The van der Waals surface area contributed by atoms with E-state index in [9.17, 15) is 24.0 Å². The van der Waals surface area contributed by atoms with E-state index in [0.717, 1.165) is 0 Å². The van der Waals surface area contributed by atoms with Crippen molar-refractivity contribution in [3.05, 3.63) is 74.8 Å². The molecule has 2 heterocycles. The second kappa shape index (κ2) is 8.27. The summed E-state index contributed by atoms with van der Waals surface area (Å²) in [4.78, 5) is 63.6. The van der Waals surface area contributed by atoms with Crippen LogP contribution in [0.25, 0.3) is 11.0 Å². The molecule has 4 rings (SSSR count). The largest absolute Gasteiger partial charge is 0.354 e. The summed E-state index contributed by atoms with van der Waals surface area (Å²) in [6.07, 6.45) is -0.267. The van der Waals surface area contributed by atoms with Crippen LogP contribution in [0.1, 0.15) is 16.8 Å². The minimum absolute atomic E-state index is 0.0642. The number of amides is 3. The van der Waals surface area contributed by atoms with Crippen LogP contribution in [0.4, 0.5) is 5.69 Å². The predicted molar refractivity (Wildman–Crippen MR) is 113 cm³/mol. The Morgan fingerprint density at radius 2 is 1.74 bits per heavy atom. The normalized spacial score (nSPS) is 15.5. The summed E-state index contributed by atoms with van der Waals surface area (Å²) < 4.78 is 1.28. The van der Waals surface area contributed by atoms with Gasteiger partial charge in [-0.3, -0.25) is 24.0 Å². The average Bonchev–Trinajstić information content (AvgIpc) is 2.87. The molecule has 10 nitrogen and oxygen atoms in total. The minimum Gasteiger partial charge on any atom is -0.354 e. The highest BCUT2D eigenvalue weighted by Crippen LogP contribution is 2.18. The van der Waals surface area contributed by atoms with Crippen molar-refractivity contribution >= 4 is 34.4 Å². The van der Waals surface area contributed by atoms with Crippen LogP contribution in [0.2, 0.25) is 0 Å². The second-order valence-corrected chi connectivity index (χ2v) is 7.04.